The number of anilines is 1. The van der Waals surface area contributed by atoms with Crippen LogP contribution >= 0.6 is 11.8 Å². The van der Waals surface area contributed by atoms with Gasteiger partial charge >= 0.3 is 0 Å². The van der Waals surface area contributed by atoms with Crippen LogP contribution in [0.15, 0.2) is 23.1 Å². The molecule has 1 amide bonds. The minimum atomic E-state index is -0.0351. The Morgan fingerprint density at radius 3 is 2.72 bits per heavy atom. The van der Waals surface area contributed by atoms with E-state index in [1.165, 1.54) is 4.90 Å². The van der Waals surface area contributed by atoms with Crippen molar-refractivity contribution in [2.45, 2.75) is 11.8 Å². The van der Waals surface area contributed by atoms with Gasteiger partial charge in [-0.3, -0.25) is 4.79 Å². The van der Waals surface area contributed by atoms with Crippen LogP contribution in [0.4, 0.5) is 5.69 Å². The van der Waals surface area contributed by atoms with E-state index >= 15 is 0 Å². The van der Waals surface area contributed by atoms with E-state index in [2.05, 4.69) is 0 Å². The Hall–Kier alpha value is -1.20. The summed E-state index contributed by atoms with van der Waals surface area (Å²) in [4.78, 5) is 14.3. The number of hydrogen-bond acceptors (Lipinski definition) is 4. The normalized spacial score (nSPS) is 12.2. The molecule has 4 nitrogen and oxygen atoms in total. The van der Waals surface area contributed by atoms with Gasteiger partial charge in [-0.2, -0.15) is 0 Å². The molecular weight excluding hydrogens is 248 g/mol. The summed E-state index contributed by atoms with van der Waals surface area (Å²) in [7, 11) is 3.44. The molecule has 0 heterocycles. The number of carbonyl (C=O) groups excluding carboxylic acids is 1. The lowest BCUT2D eigenvalue weighted by Gasteiger charge is -2.13. The molecule has 0 saturated carbocycles. The molecule has 0 saturated heterocycles. The molecule has 5 heteroatoms. The number of amides is 1. The highest BCUT2D eigenvalue weighted by molar-refractivity contribution is 7.99. The van der Waals surface area contributed by atoms with E-state index in [4.69, 9.17) is 10.8 Å². The summed E-state index contributed by atoms with van der Waals surface area (Å²) in [5.41, 5.74) is 7.18. The van der Waals surface area contributed by atoms with E-state index in [9.17, 15) is 4.79 Å². The van der Waals surface area contributed by atoms with Crippen LogP contribution in [0, 0.1) is 5.92 Å². The van der Waals surface area contributed by atoms with Crippen molar-refractivity contribution in [2.75, 3.05) is 32.2 Å². The Morgan fingerprint density at radius 2 is 2.17 bits per heavy atom. The van der Waals surface area contributed by atoms with Crippen molar-refractivity contribution >= 4 is 23.4 Å². The van der Waals surface area contributed by atoms with Crippen molar-refractivity contribution in [1.82, 2.24) is 4.90 Å². The van der Waals surface area contributed by atoms with Gasteiger partial charge in [0.1, 0.15) is 0 Å². The molecule has 1 rings (SSSR count). The fourth-order valence-electron chi connectivity index (χ4n) is 1.34. The maximum Gasteiger partial charge on any atom is 0.253 e. The molecule has 0 spiro atoms. The van der Waals surface area contributed by atoms with Gasteiger partial charge in [-0.05, 0) is 24.1 Å². The maximum absolute atomic E-state index is 11.8. The summed E-state index contributed by atoms with van der Waals surface area (Å²) >= 11 is 1.57. The highest BCUT2D eigenvalue weighted by atomic mass is 32.2. The quantitative estimate of drug-likeness (QED) is 0.630. The molecule has 18 heavy (non-hydrogen) atoms. The lowest BCUT2D eigenvalue weighted by molar-refractivity contribution is 0.0827. The summed E-state index contributed by atoms with van der Waals surface area (Å²) in [5.74, 6) is 0.954. The molecule has 1 aromatic rings. The lowest BCUT2D eigenvalue weighted by atomic mass is 10.2. The first-order valence-corrected chi connectivity index (χ1v) is 6.79. The van der Waals surface area contributed by atoms with Gasteiger partial charge in [0.25, 0.3) is 5.91 Å². The first-order chi connectivity index (χ1) is 8.45. The Bertz CT molecular complexity index is 421. The summed E-state index contributed by atoms with van der Waals surface area (Å²) < 4.78 is 0. The molecule has 1 atom stereocenters. The molecule has 1 unspecified atom stereocenters. The van der Waals surface area contributed by atoms with Crippen LogP contribution in [0.3, 0.4) is 0 Å². The van der Waals surface area contributed by atoms with Crippen molar-refractivity contribution in [3.63, 3.8) is 0 Å². The van der Waals surface area contributed by atoms with Crippen LogP contribution < -0.4 is 5.73 Å². The third-order valence-corrected chi connectivity index (χ3v) is 3.90. The number of benzene rings is 1. The molecular formula is C13H20N2O2S. The molecule has 0 aliphatic heterocycles. The van der Waals surface area contributed by atoms with Gasteiger partial charge in [-0.1, -0.05) is 6.92 Å². The third kappa shape index (κ3) is 3.92. The van der Waals surface area contributed by atoms with Gasteiger partial charge in [-0.15, -0.1) is 11.8 Å². The molecule has 0 aliphatic rings. The lowest BCUT2D eigenvalue weighted by Crippen LogP contribution is -2.21. The monoisotopic (exact) mass is 268 g/mol. The number of aliphatic hydroxyl groups excluding tert-OH is 1. The molecule has 0 bridgehead atoms. The van der Waals surface area contributed by atoms with Crippen molar-refractivity contribution in [3.8, 4) is 0 Å². The van der Waals surface area contributed by atoms with Gasteiger partial charge < -0.3 is 15.7 Å². The second-order valence-corrected chi connectivity index (χ2v) is 5.61. The Balaban J connectivity index is 2.84. The van der Waals surface area contributed by atoms with Gasteiger partial charge in [0, 0.05) is 42.6 Å². The molecule has 100 valence electrons. The van der Waals surface area contributed by atoms with Gasteiger partial charge in [-0.25, -0.2) is 0 Å². The number of nitrogens with two attached hydrogens (primary N) is 1. The molecule has 3 N–H and O–H groups in total. The van der Waals surface area contributed by atoms with E-state index in [1.54, 1.807) is 38.0 Å². The van der Waals surface area contributed by atoms with Gasteiger partial charge in [0.15, 0.2) is 0 Å². The first-order valence-electron chi connectivity index (χ1n) is 5.80. The minimum absolute atomic E-state index is 0.0351. The summed E-state index contributed by atoms with van der Waals surface area (Å²) in [5, 5.41) is 8.99. The molecule has 0 aromatic heterocycles. The van der Waals surface area contributed by atoms with Crippen molar-refractivity contribution in [1.29, 1.82) is 0 Å². The highest BCUT2D eigenvalue weighted by Gasteiger charge is 2.11. The third-order valence-electron chi connectivity index (χ3n) is 2.50. The number of thioether (sulfide) groups is 1. The zero-order valence-electron chi connectivity index (χ0n) is 11.0. The number of carbonyl (C=O) groups is 1. The molecule has 0 radical (unpaired) electrons. The zero-order valence-corrected chi connectivity index (χ0v) is 11.8. The average molecular weight is 268 g/mol. The Kier molecular flexibility index (Phi) is 5.50. The van der Waals surface area contributed by atoms with E-state index in [-0.39, 0.29) is 18.4 Å². The van der Waals surface area contributed by atoms with Crippen LogP contribution in [0.1, 0.15) is 17.3 Å². The number of rotatable bonds is 5. The Morgan fingerprint density at radius 1 is 1.50 bits per heavy atom. The molecule has 0 aliphatic carbocycles. The second-order valence-electron chi connectivity index (χ2n) is 4.55. The van der Waals surface area contributed by atoms with Crippen LogP contribution in [0.5, 0.6) is 0 Å². The fraction of sp³-hybridized carbons (Fsp3) is 0.462. The van der Waals surface area contributed by atoms with Crippen molar-refractivity contribution in [2.24, 2.45) is 5.92 Å². The van der Waals surface area contributed by atoms with E-state index in [1.807, 2.05) is 13.0 Å². The largest absolute Gasteiger partial charge is 0.398 e. The van der Waals surface area contributed by atoms with E-state index in [0.29, 0.717) is 11.3 Å². The highest BCUT2D eigenvalue weighted by Crippen LogP contribution is 2.28. The Labute approximate surface area is 112 Å². The first kappa shape index (κ1) is 14.9. The number of nitrogens with zero attached hydrogens (tertiary/aromatic N) is 1. The summed E-state index contributed by atoms with van der Waals surface area (Å²) in [6.07, 6.45) is 0. The van der Waals surface area contributed by atoms with Gasteiger partial charge in [0.2, 0.25) is 0 Å². The zero-order chi connectivity index (χ0) is 13.7. The smallest absolute Gasteiger partial charge is 0.253 e. The van der Waals surface area contributed by atoms with Crippen LogP contribution in [-0.2, 0) is 0 Å². The molecule has 0 fully saturated rings. The van der Waals surface area contributed by atoms with Gasteiger partial charge in [0.05, 0.1) is 0 Å². The number of aliphatic hydroxyl groups is 1. The van der Waals surface area contributed by atoms with Crippen LogP contribution in [-0.4, -0.2) is 42.4 Å². The number of hydrogen-bond donors (Lipinski definition) is 2. The standard InChI is InChI=1S/C13H20N2O2S/c1-9(7-16)8-18-12-6-10(4-5-11(12)14)13(17)15(2)3/h4-6,9,16H,7-8,14H2,1-3H3. The summed E-state index contributed by atoms with van der Waals surface area (Å²) in [6.45, 7) is 2.13. The second kappa shape index (κ2) is 6.66. The van der Waals surface area contributed by atoms with Crippen molar-refractivity contribution in [3.05, 3.63) is 23.8 Å². The minimum Gasteiger partial charge on any atom is -0.398 e. The predicted octanol–water partition coefficient (Wildman–Crippen LogP) is 1.69. The SMILES string of the molecule is CC(CO)CSc1cc(C(=O)N(C)C)ccc1N. The van der Waals surface area contributed by atoms with Crippen LogP contribution in [0.25, 0.3) is 0 Å². The van der Waals surface area contributed by atoms with E-state index < -0.39 is 0 Å². The fourth-order valence-corrected chi connectivity index (χ4v) is 2.35. The maximum atomic E-state index is 11.8. The molecule has 1 aromatic carbocycles. The topological polar surface area (TPSA) is 66.6 Å². The number of nitrogen functional groups attached to an aromatic ring is 1. The predicted molar refractivity (Wildman–Crippen MR) is 75.8 cm³/mol. The van der Waals surface area contributed by atoms with E-state index in [0.717, 1.165) is 10.6 Å². The van der Waals surface area contributed by atoms with Crippen LogP contribution in [0.2, 0.25) is 0 Å². The average Bonchev–Trinajstić information content (AvgIpc) is 2.36. The van der Waals surface area contributed by atoms with Crippen molar-refractivity contribution < 1.29 is 9.90 Å². The summed E-state index contributed by atoms with van der Waals surface area (Å²) in [6, 6.07) is 5.30.